The van der Waals surface area contributed by atoms with Crippen LogP contribution in [0.1, 0.15) is 30.9 Å². The summed E-state index contributed by atoms with van der Waals surface area (Å²) in [5, 5.41) is 3.16. The molecule has 1 fully saturated rings. The summed E-state index contributed by atoms with van der Waals surface area (Å²) in [6.07, 6.45) is 0.183. The van der Waals surface area contributed by atoms with Crippen molar-refractivity contribution in [3.63, 3.8) is 0 Å². The zero-order valence-corrected chi connectivity index (χ0v) is 9.37. The van der Waals surface area contributed by atoms with Crippen LogP contribution in [0, 0.1) is 5.92 Å². The maximum absolute atomic E-state index is 12.6. The van der Waals surface area contributed by atoms with E-state index in [-0.39, 0.29) is 18.9 Å². The van der Waals surface area contributed by atoms with Gasteiger partial charge in [0.2, 0.25) is 0 Å². The van der Waals surface area contributed by atoms with Gasteiger partial charge in [-0.15, -0.1) is 0 Å². The number of alkyl halides is 3. The van der Waals surface area contributed by atoms with Crippen molar-refractivity contribution in [2.75, 3.05) is 6.54 Å². The van der Waals surface area contributed by atoms with Gasteiger partial charge in [-0.25, -0.2) is 0 Å². The number of nitrogens with zero attached hydrogens (tertiary/aromatic N) is 1. The maximum Gasteiger partial charge on any atom is 0.391 e. The molecule has 2 rings (SSSR count). The number of aromatic nitrogens is 1. The molecule has 17 heavy (non-hydrogen) atoms. The lowest BCUT2D eigenvalue weighted by Crippen LogP contribution is -2.24. The van der Waals surface area contributed by atoms with Crippen molar-refractivity contribution in [1.82, 2.24) is 10.3 Å². The van der Waals surface area contributed by atoms with Crippen LogP contribution < -0.4 is 5.32 Å². The first-order valence-electron chi connectivity index (χ1n) is 5.77. The third-order valence-electron chi connectivity index (χ3n) is 3.24. The Bertz CT molecular complexity index is 351. The van der Waals surface area contributed by atoms with E-state index in [9.17, 15) is 13.2 Å². The van der Waals surface area contributed by atoms with Gasteiger partial charge in [0.25, 0.3) is 0 Å². The van der Waals surface area contributed by atoms with E-state index in [1.807, 2.05) is 12.1 Å². The number of halogens is 3. The molecular formula is C12H15F3N2. The van der Waals surface area contributed by atoms with E-state index >= 15 is 0 Å². The summed E-state index contributed by atoms with van der Waals surface area (Å²) in [6, 6.07) is 3.71. The maximum atomic E-state index is 12.6. The molecule has 1 saturated heterocycles. The minimum Gasteiger partial charge on any atom is -0.310 e. The molecule has 0 aliphatic carbocycles. The van der Waals surface area contributed by atoms with Gasteiger partial charge in [0.1, 0.15) is 0 Å². The Kier molecular flexibility index (Phi) is 3.66. The third kappa shape index (κ3) is 3.19. The van der Waals surface area contributed by atoms with Gasteiger partial charge >= 0.3 is 6.18 Å². The van der Waals surface area contributed by atoms with Crippen molar-refractivity contribution in [3.05, 3.63) is 30.1 Å². The zero-order valence-electron chi connectivity index (χ0n) is 9.37. The fourth-order valence-corrected chi connectivity index (χ4v) is 2.24. The van der Waals surface area contributed by atoms with Gasteiger partial charge in [0, 0.05) is 18.4 Å². The number of hydrogen-bond donors (Lipinski definition) is 1. The number of pyridine rings is 1. The highest BCUT2D eigenvalue weighted by Gasteiger charge is 2.40. The molecule has 1 aliphatic rings. The molecule has 1 aliphatic heterocycles. The SMILES string of the molecule is FC(F)(F)[C@@H]1CCN[C@@H](c2cccnc2)CC1. The quantitative estimate of drug-likeness (QED) is 0.821. The van der Waals surface area contributed by atoms with Crippen molar-refractivity contribution >= 4 is 0 Å². The van der Waals surface area contributed by atoms with Crippen molar-refractivity contribution in [2.24, 2.45) is 5.92 Å². The minimum absolute atomic E-state index is 0.00366. The fourth-order valence-electron chi connectivity index (χ4n) is 2.24. The Morgan fingerprint density at radius 2 is 2.06 bits per heavy atom. The molecule has 1 aromatic rings. The number of rotatable bonds is 1. The van der Waals surface area contributed by atoms with E-state index in [0.29, 0.717) is 13.0 Å². The number of nitrogens with one attached hydrogen (secondary N) is 1. The number of hydrogen-bond acceptors (Lipinski definition) is 2. The molecule has 0 amide bonds. The van der Waals surface area contributed by atoms with Crippen LogP contribution >= 0.6 is 0 Å². The molecule has 2 heterocycles. The molecular weight excluding hydrogens is 229 g/mol. The van der Waals surface area contributed by atoms with Crippen LogP contribution in [0.2, 0.25) is 0 Å². The molecule has 1 N–H and O–H groups in total. The normalized spacial score (nSPS) is 26.5. The van der Waals surface area contributed by atoms with Gasteiger partial charge < -0.3 is 5.32 Å². The molecule has 5 heteroatoms. The van der Waals surface area contributed by atoms with Crippen LogP contribution in [0.5, 0.6) is 0 Å². The highest BCUT2D eigenvalue weighted by atomic mass is 19.4. The van der Waals surface area contributed by atoms with Crippen LogP contribution in [0.3, 0.4) is 0 Å². The standard InChI is InChI=1S/C12H15F3N2/c13-12(14,15)10-3-4-11(17-7-5-10)9-2-1-6-16-8-9/h1-2,6,8,10-11,17H,3-5,7H2/t10-,11+/m0/s1. The van der Waals surface area contributed by atoms with Crippen LogP contribution in [-0.2, 0) is 0 Å². The summed E-state index contributed by atoms with van der Waals surface area (Å²) in [7, 11) is 0. The summed E-state index contributed by atoms with van der Waals surface area (Å²) in [6.45, 7) is 0.406. The average Bonchev–Trinajstić information content (AvgIpc) is 2.55. The van der Waals surface area contributed by atoms with E-state index in [4.69, 9.17) is 0 Å². The molecule has 2 nitrogen and oxygen atoms in total. The molecule has 94 valence electrons. The first-order chi connectivity index (χ1) is 8.07. The van der Waals surface area contributed by atoms with E-state index in [0.717, 1.165) is 5.56 Å². The molecule has 0 bridgehead atoms. The fraction of sp³-hybridized carbons (Fsp3) is 0.583. The first kappa shape index (κ1) is 12.4. The molecule has 0 saturated carbocycles. The average molecular weight is 244 g/mol. The van der Waals surface area contributed by atoms with Gasteiger partial charge in [0.15, 0.2) is 0 Å². The Hall–Kier alpha value is -1.10. The van der Waals surface area contributed by atoms with E-state index in [2.05, 4.69) is 10.3 Å². The lowest BCUT2D eigenvalue weighted by molar-refractivity contribution is -0.176. The van der Waals surface area contributed by atoms with Gasteiger partial charge in [-0.2, -0.15) is 13.2 Å². The second-order valence-electron chi connectivity index (χ2n) is 4.40. The largest absolute Gasteiger partial charge is 0.391 e. The zero-order chi connectivity index (χ0) is 12.3. The summed E-state index contributed by atoms with van der Waals surface area (Å²) < 4.78 is 37.8. The summed E-state index contributed by atoms with van der Waals surface area (Å²) in [5.41, 5.74) is 0.968. The summed E-state index contributed by atoms with van der Waals surface area (Å²) >= 11 is 0. The second-order valence-corrected chi connectivity index (χ2v) is 4.40. The summed E-state index contributed by atoms with van der Waals surface area (Å²) in [4.78, 5) is 4.00. The van der Waals surface area contributed by atoms with Crippen molar-refractivity contribution in [3.8, 4) is 0 Å². The van der Waals surface area contributed by atoms with Gasteiger partial charge in [-0.05, 0) is 37.4 Å². The van der Waals surface area contributed by atoms with Crippen LogP contribution in [0.25, 0.3) is 0 Å². The molecule has 0 unspecified atom stereocenters. The van der Waals surface area contributed by atoms with E-state index in [1.54, 1.807) is 12.4 Å². The van der Waals surface area contributed by atoms with Crippen LogP contribution in [0.15, 0.2) is 24.5 Å². The Morgan fingerprint density at radius 1 is 1.24 bits per heavy atom. The predicted octanol–water partition coefficient (Wildman–Crippen LogP) is 3.07. The molecule has 2 atom stereocenters. The van der Waals surface area contributed by atoms with E-state index in [1.165, 1.54) is 0 Å². The highest BCUT2D eigenvalue weighted by molar-refractivity contribution is 5.14. The van der Waals surface area contributed by atoms with Crippen molar-refractivity contribution < 1.29 is 13.2 Å². The van der Waals surface area contributed by atoms with Crippen molar-refractivity contribution in [1.29, 1.82) is 0 Å². The molecule has 0 aromatic carbocycles. The lowest BCUT2D eigenvalue weighted by atomic mass is 9.97. The van der Waals surface area contributed by atoms with Gasteiger partial charge in [-0.3, -0.25) is 4.98 Å². The lowest BCUT2D eigenvalue weighted by Gasteiger charge is -2.17. The minimum atomic E-state index is -4.06. The molecule has 1 aromatic heterocycles. The Balaban J connectivity index is 2.01. The van der Waals surface area contributed by atoms with Gasteiger partial charge in [0.05, 0.1) is 5.92 Å². The highest BCUT2D eigenvalue weighted by Crippen LogP contribution is 2.36. The predicted molar refractivity (Wildman–Crippen MR) is 58.4 cm³/mol. The van der Waals surface area contributed by atoms with Crippen molar-refractivity contribution in [2.45, 2.75) is 31.5 Å². The van der Waals surface area contributed by atoms with Gasteiger partial charge in [-0.1, -0.05) is 6.07 Å². The molecule has 0 spiro atoms. The second kappa shape index (κ2) is 5.04. The summed E-state index contributed by atoms with van der Waals surface area (Å²) in [5.74, 6) is -1.17. The van der Waals surface area contributed by atoms with E-state index < -0.39 is 12.1 Å². The Labute approximate surface area is 98.2 Å². The van der Waals surface area contributed by atoms with Crippen LogP contribution in [0.4, 0.5) is 13.2 Å². The Morgan fingerprint density at radius 3 is 2.71 bits per heavy atom. The van der Waals surface area contributed by atoms with Crippen LogP contribution in [-0.4, -0.2) is 17.7 Å². The third-order valence-corrected chi connectivity index (χ3v) is 3.24. The smallest absolute Gasteiger partial charge is 0.310 e. The first-order valence-corrected chi connectivity index (χ1v) is 5.77. The molecule has 0 radical (unpaired) electrons. The monoisotopic (exact) mass is 244 g/mol. The topological polar surface area (TPSA) is 24.9 Å².